The van der Waals surface area contributed by atoms with Crippen LogP contribution in [0.15, 0.2) is 58.4 Å². The molecule has 0 bridgehead atoms. The molecule has 3 rings (SSSR count). The first kappa shape index (κ1) is 20.3. The van der Waals surface area contributed by atoms with Gasteiger partial charge in [-0.15, -0.1) is 0 Å². The highest BCUT2D eigenvalue weighted by Gasteiger charge is 2.17. The lowest BCUT2D eigenvalue weighted by atomic mass is 10.3. The monoisotopic (exact) mass is 418 g/mol. The molecule has 28 heavy (non-hydrogen) atoms. The summed E-state index contributed by atoms with van der Waals surface area (Å²) in [6.45, 7) is 2.73. The van der Waals surface area contributed by atoms with Gasteiger partial charge in [-0.25, -0.2) is 8.42 Å². The van der Waals surface area contributed by atoms with Gasteiger partial charge < -0.3 is 9.30 Å². The molecule has 0 aliphatic rings. The van der Waals surface area contributed by atoms with Crippen molar-refractivity contribution in [1.29, 1.82) is 0 Å². The second-order valence-corrected chi connectivity index (χ2v) is 9.35. The molecular formula is C20H22N2O4S2. The normalized spacial score (nSPS) is 12.4. The number of carbonyl (C=O) groups is 1. The molecule has 0 atom stereocenters. The third kappa shape index (κ3) is 4.34. The maximum atomic E-state index is 12.4. The zero-order valence-electron chi connectivity index (χ0n) is 15.8. The van der Waals surface area contributed by atoms with Gasteiger partial charge in [0.1, 0.15) is 11.3 Å². The number of fused-ring (bicyclic) bond motifs is 1. The van der Waals surface area contributed by atoms with Crippen molar-refractivity contribution in [3.8, 4) is 5.75 Å². The second-order valence-electron chi connectivity index (χ2n) is 6.23. The Morgan fingerprint density at radius 2 is 1.89 bits per heavy atom. The molecule has 0 fully saturated rings. The first-order valence-corrected chi connectivity index (χ1v) is 11.4. The SMILES string of the molecule is CCCn1c(=NC(=O)CCS(=O)(=O)c2ccccc2)sc2cccc(OC)c21. The Balaban J connectivity index is 1.90. The van der Waals surface area contributed by atoms with Crippen LogP contribution in [-0.4, -0.2) is 31.8 Å². The number of ether oxygens (including phenoxy) is 1. The predicted molar refractivity (Wildman–Crippen MR) is 110 cm³/mol. The summed E-state index contributed by atoms with van der Waals surface area (Å²) in [4.78, 5) is 17.4. The minimum atomic E-state index is -3.51. The van der Waals surface area contributed by atoms with Crippen molar-refractivity contribution in [2.24, 2.45) is 4.99 Å². The van der Waals surface area contributed by atoms with E-state index in [1.165, 1.54) is 23.5 Å². The number of benzene rings is 2. The van der Waals surface area contributed by atoms with Crippen LogP contribution >= 0.6 is 11.3 Å². The van der Waals surface area contributed by atoms with E-state index in [1.54, 1.807) is 25.3 Å². The first-order valence-electron chi connectivity index (χ1n) is 8.98. The number of hydrogen-bond acceptors (Lipinski definition) is 5. The molecular weight excluding hydrogens is 396 g/mol. The van der Waals surface area contributed by atoms with E-state index in [-0.39, 0.29) is 17.1 Å². The van der Waals surface area contributed by atoms with Crippen LogP contribution in [0.3, 0.4) is 0 Å². The number of nitrogens with zero attached hydrogens (tertiary/aromatic N) is 2. The van der Waals surface area contributed by atoms with Gasteiger partial charge in [0.25, 0.3) is 0 Å². The molecule has 0 aliphatic heterocycles. The summed E-state index contributed by atoms with van der Waals surface area (Å²) in [5.41, 5.74) is 0.903. The molecule has 6 nitrogen and oxygen atoms in total. The van der Waals surface area contributed by atoms with E-state index in [9.17, 15) is 13.2 Å². The number of sulfone groups is 1. The summed E-state index contributed by atoms with van der Waals surface area (Å²) in [5.74, 6) is 0.0130. The van der Waals surface area contributed by atoms with Crippen LogP contribution in [0.4, 0.5) is 0 Å². The van der Waals surface area contributed by atoms with E-state index in [1.807, 2.05) is 29.7 Å². The number of hydrogen-bond donors (Lipinski definition) is 0. The van der Waals surface area contributed by atoms with Gasteiger partial charge in [-0.2, -0.15) is 4.99 Å². The number of rotatable bonds is 7. The molecule has 0 N–H and O–H groups in total. The zero-order valence-corrected chi connectivity index (χ0v) is 17.4. The largest absolute Gasteiger partial charge is 0.495 e. The lowest BCUT2D eigenvalue weighted by Gasteiger charge is -2.07. The first-order chi connectivity index (χ1) is 13.5. The smallest absolute Gasteiger partial charge is 0.249 e. The predicted octanol–water partition coefficient (Wildman–Crippen LogP) is 3.41. The van der Waals surface area contributed by atoms with E-state index < -0.39 is 15.7 Å². The Morgan fingerprint density at radius 3 is 2.57 bits per heavy atom. The van der Waals surface area contributed by atoms with Gasteiger partial charge in [-0.1, -0.05) is 42.5 Å². The van der Waals surface area contributed by atoms with E-state index in [0.717, 1.165) is 22.4 Å². The Kier molecular flexibility index (Phi) is 6.31. The number of thiazole rings is 1. The highest BCUT2D eigenvalue weighted by Crippen LogP contribution is 2.27. The topological polar surface area (TPSA) is 77.7 Å². The molecule has 1 heterocycles. The van der Waals surface area contributed by atoms with E-state index in [4.69, 9.17) is 4.74 Å². The molecule has 1 amide bonds. The number of carbonyl (C=O) groups excluding carboxylic acids is 1. The summed E-state index contributed by atoms with van der Waals surface area (Å²) in [6.07, 6.45) is 0.711. The lowest BCUT2D eigenvalue weighted by molar-refractivity contribution is -0.117. The molecule has 3 aromatic rings. The van der Waals surface area contributed by atoms with Gasteiger partial charge in [0.15, 0.2) is 14.6 Å². The fraction of sp³-hybridized carbons (Fsp3) is 0.300. The molecule has 1 aromatic heterocycles. The highest BCUT2D eigenvalue weighted by molar-refractivity contribution is 7.91. The fourth-order valence-electron chi connectivity index (χ4n) is 2.91. The van der Waals surface area contributed by atoms with E-state index in [0.29, 0.717) is 11.3 Å². The maximum absolute atomic E-state index is 12.4. The summed E-state index contributed by atoms with van der Waals surface area (Å²) in [7, 11) is -1.90. The average molecular weight is 419 g/mol. The van der Waals surface area contributed by atoms with Crippen LogP contribution in [-0.2, 0) is 21.2 Å². The molecule has 0 radical (unpaired) electrons. The summed E-state index contributed by atoms with van der Waals surface area (Å²) in [5, 5.41) is 0. The van der Waals surface area contributed by atoms with Crippen molar-refractivity contribution in [2.75, 3.05) is 12.9 Å². The molecule has 0 spiro atoms. The minimum Gasteiger partial charge on any atom is -0.495 e. The molecule has 8 heteroatoms. The van der Waals surface area contributed by atoms with Crippen molar-refractivity contribution in [3.63, 3.8) is 0 Å². The van der Waals surface area contributed by atoms with Crippen LogP contribution < -0.4 is 9.54 Å². The van der Waals surface area contributed by atoms with Gasteiger partial charge in [0.2, 0.25) is 5.91 Å². The third-order valence-corrected chi connectivity index (χ3v) is 7.01. The Hall–Kier alpha value is -2.45. The Bertz CT molecular complexity index is 1150. The molecule has 148 valence electrons. The standard InChI is InChI=1S/C20H22N2O4S2/c1-3-13-22-19-16(26-2)10-7-11-17(19)27-20(22)21-18(23)12-14-28(24,25)15-8-5-4-6-9-15/h4-11H,3,12-14H2,1-2H3. The molecule has 0 saturated heterocycles. The lowest BCUT2D eigenvalue weighted by Crippen LogP contribution is -2.18. The number of aromatic nitrogens is 1. The van der Waals surface area contributed by atoms with Crippen LogP contribution in [0.2, 0.25) is 0 Å². The fourth-order valence-corrected chi connectivity index (χ4v) is 5.25. The zero-order chi connectivity index (χ0) is 20.1. The van der Waals surface area contributed by atoms with Crippen LogP contribution in [0.5, 0.6) is 5.75 Å². The molecule has 0 aliphatic carbocycles. The minimum absolute atomic E-state index is 0.158. The average Bonchev–Trinajstić information content (AvgIpc) is 3.04. The second kappa shape index (κ2) is 8.70. The maximum Gasteiger partial charge on any atom is 0.249 e. The van der Waals surface area contributed by atoms with Gasteiger partial charge in [0.05, 0.1) is 22.5 Å². The summed E-state index contributed by atoms with van der Waals surface area (Å²) >= 11 is 1.40. The molecule has 0 unspecified atom stereocenters. The van der Waals surface area contributed by atoms with Crippen LogP contribution in [0.25, 0.3) is 10.2 Å². The van der Waals surface area contributed by atoms with E-state index >= 15 is 0 Å². The Morgan fingerprint density at radius 1 is 1.14 bits per heavy atom. The van der Waals surface area contributed by atoms with E-state index in [2.05, 4.69) is 4.99 Å². The number of amides is 1. The van der Waals surface area contributed by atoms with Crippen molar-refractivity contribution in [1.82, 2.24) is 4.57 Å². The molecule has 0 saturated carbocycles. The van der Waals surface area contributed by atoms with Crippen molar-refractivity contribution in [3.05, 3.63) is 53.3 Å². The van der Waals surface area contributed by atoms with Gasteiger partial charge in [0, 0.05) is 13.0 Å². The highest BCUT2D eigenvalue weighted by atomic mass is 32.2. The third-order valence-electron chi connectivity index (χ3n) is 4.24. The van der Waals surface area contributed by atoms with Gasteiger partial charge in [-0.05, 0) is 30.7 Å². The van der Waals surface area contributed by atoms with Gasteiger partial charge >= 0.3 is 0 Å². The van der Waals surface area contributed by atoms with Gasteiger partial charge in [-0.3, -0.25) is 4.79 Å². The number of aryl methyl sites for hydroxylation is 1. The summed E-state index contributed by atoms with van der Waals surface area (Å²) in [6, 6.07) is 13.9. The number of methoxy groups -OCH3 is 1. The van der Waals surface area contributed by atoms with Crippen LogP contribution in [0.1, 0.15) is 19.8 Å². The van der Waals surface area contributed by atoms with Crippen molar-refractivity contribution >= 4 is 37.3 Å². The van der Waals surface area contributed by atoms with Crippen molar-refractivity contribution in [2.45, 2.75) is 31.2 Å². The Labute approximate surface area is 168 Å². The number of para-hydroxylation sites is 1. The van der Waals surface area contributed by atoms with Crippen LogP contribution in [0, 0.1) is 0 Å². The molecule has 2 aromatic carbocycles. The summed E-state index contributed by atoms with van der Waals surface area (Å²) < 4.78 is 33.1. The van der Waals surface area contributed by atoms with Crippen molar-refractivity contribution < 1.29 is 17.9 Å². The quantitative estimate of drug-likeness (QED) is 0.589.